The molecular weight excluding hydrogens is 442 g/mol. The SMILES string of the molecule is COc1ccc(Cn2c(=O)c3cc([N+](=O)[O-])ccc3n(CCCCBr)c2=O)cc1. The molecule has 9 heteroatoms. The van der Waals surface area contributed by atoms with Crippen molar-refractivity contribution in [2.45, 2.75) is 25.9 Å². The van der Waals surface area contributed by atoms with Crippen molar-refractivity contribution in [3.63, 3.8) is 0 Å². The number of non-ortho nitro benzene ring substituents is 1. The number of benzene rings is 2. The number of fused-ring (bicyclic) bond motifs is 1. The molecule has 3 rings (SSSR count). The number of aromatic nitrogens is 2. The van der Waals surface area contributed by atoms with E-state index in [2.05, 4.69) is 15.9 Å². The minimum Gasteiger partial charge on any atom is -0.497 e. The topological polar surface area (TPSA) is 96.4 Å². The number of unbranched alkanes of at least 4 members (excludes halogenated alkanes) is 1. The van der Waals surface area contributed by atoms with Gasteiger partial charge in [0.15, 0.2) is 0 Å². The Kier molecular flexibility index (Phi) is 6.48. The highest BCUT2D eigenvalue weighted by Crippen LogP contribution is 2.18. The molecule has 0 bridgehead atoms. The van der Waals surface area contributed by atoms with Crippen molar-refractivity contribution in [3.8, 4) is 5.75 Å². The van der Waals surface area contributed by atoms with Gasteiger partial charge in [0.1, 0.15) is 5.75 Å². The van der Waals surface area contributed by atoms with Gasteiger partial charge in [-0.1, -0.05) is 28.1 Å². The van der Waals surface area contributed by atoms with E-state index in [1.807, 2.05) is 0 Å². The summed E-state index contributed by atoms with van der Waals surface area (Å²) in [6.45, 7) is 0.486. The van der Waals surface area contributed by atoms with E-state index in [0.29, 0.717) is 17.8 Å². The predicted octanol–water partition coefficient (Wildman–Crippen LogP) is 3.30. The first-order valence-electron chi connectivity index (χ1n) is 9.07. The summed E-state index contributed by atoms with van der Waals surface area (Å²) < 4.78 is 7.78. The van der Waals surface area contributed by atoms with Gasteiger partial charge >= 0.3 is 5.69 Å². The summed E-state index contributed by atoms with van der Waals surface area (Å²) in [4.78, 5) is 36.7. The van der Waals surface area contributed by atoms with Crippen LogP contribution in [-0.2, 0) is 13.1 Å². The summed E-state index contributed by atoms with van der Waals surface area (Å²) in [5, 5.41) is 12.1. The van der Waals surface area contributed by atoms with Gasteiger partial charge in [0.05, 0.1) is 29.5 Å². The first-order chi connectivity index (χ1) is 14.0. The van der Waals surface area contributed by atoms with Crippen LogP contribution in [0.5, 0.6) is 5.75 Å². The van der Waals surface area contributed by atoms with Crippen LogP contribution in [0.1, 0.15) is 18.4 Å². The number of hydrogen-bond acceptors (Lipinski definition) is 5. The highest BCUT2D eigenvalue weighted by molar-refractivity contribution is 9.09. The van der Waals surface area contributed by atoms with Crippen molar-refractivity contribution in [2.24, 2.45) is 0 Å². The zero-order valence-corrected chi connectivity index (χ0v) is 17.4. The largest absolute Gasteiger partial charge is 0.497 e. The molecule has 2 aromatic carbocycles. The number of hydrogen-bond donors (Lipinski definition) is 0. The van der Waals surface area contributed by atoms with E-state index in [-0.39, 0.29) is 17.6 Å². The van der Waals surface area contributed by atoms with E-state index in [9.17, 15) is 19.7 Å². The maximum atomic E-state index is 13.1. The van der Waals surface area contributed by atoms with Crippen molar-refractivity contribution in [3.05, 3.63) is 79.0 Å². The summed E-state index contributed by atoms with van der Waals surface area (Å²) >= 11 is 3.37. The highest BCUT2D eigenvalue weighted by Gasteiger charge is 2.17. The lowest BCUT2D eigenvalue weighted by Crippen LogP contribution is -2.40. The molecule has 0 radical (unpaired) electrons. The number of aryl methyl sites for hydroxylation is 1. The van der Waals surface area contributed by atoms with Crippen LogP contribution in [0.3, 0.4) is 0 Å². The molecule has 8 nitrogen and oxygen atoms in total. The maximum absolute atomic E-state index is 13.1. The van der Waals surface area contributed by atoms with Crippen molar-refractivity contribution in [1.82, 2.24) is 9.13 Å². The van der Waals surface area contributed by atoms with Crippen LogP contribution >= 0.6 is 15.9 Å². The molecule has 3 aromatic rings. The second kappa shape index (κ2) is 9.04. The zero-order valence-electron chi connectivity index (χ0n) is 15.8. The fourth-order valence-electron chi connectivity index (χ4n) is 3.16. The predicted molar refractivity (Wildman–Crippen MR) is 114 cm³/mol. The molecule has 29 heavy (non-hydrogen) atoms. The van der Waals surface area contributed by atoms with E-state index in [1.54, 1.807) is 31.4 Å². The van der Waals surface area contributed by atoms with Crippen molar-refractivity contribution in [2.75, 3.05) is 12.4 Å². The molecule has 0 N–H and O–H groups in total. The minimum atomic E-state index is -0.549. The minimum absolute atomic E-state index is 0.0682. The number of nitro groups is 1. The lowest BCUT2D eigenvalue weighted by atomic mass is 10.2. The van der Waals surface area contributed by atoms with Crippen LogP contribution in [-0.4, -0.2) is 26.5 Å². The molecule has 0 aliphatic carbocycles. The van der Waals surface area contributed by atoms with Crippen molar-refractivity contribution >= 4 is 32.5 Å². The zero-order chi connectivity index (χ0) is 21.0. The van der Waals surface area contributed by atoms with Crippen LogP contribution < -0.4 is 16.0 Å². The number of nitrogens with zero attached hydrogens (tertiary/aromatic N) is 3. The fourth-order valence-corrected chi connectivity index (χ4v) is 3.56. The molecule has 1 heterocycles. The molecule has 0 spiro atoms. The Balaban J connectivity index is 2.17. The average molecular weight is 462 g/mol. The molecule has 0 unspecified atom stereocenters. The fraction of sp³-hybridized carbons (Fsp3) is 0.300. The molecular formula is C20H20BrN3O5. The highest BCUT2D eigenvalue weighted by atomic mass is 79.9. The monoisotopic (exact) mass is 461 g/mol. The van der Waals surface area contributed by atoms with Crippen LogP contribution in [0.4, 0.5) is 5.69 Å². The molecule has 0 aliphatic rings. The maximum Gasteiger partial charge on any atom is 0.331 e. The van der Waals surface area contributed by atoms with E-state index in [0.717, 1.165) is 28.3 Å². The lowest BCUT2D eigenvalue weighted by molar-refractivity contribution is -0.384. The van der Waals surface area contributed by atoms with Gasteiger partial charge in [-0.05, 0) is 36.6 Å². The van der Waals surface area contributed by atoms with Crippen LogP contribution in [0, 0.1) is 10.1 Å². The van der Waals surface area contributed by atoms with Gasteiger partial charge < -0.3 is 4.74 Å². The summed E-state index contributed by atoms with van der Waals surface area (Å²) in [7, 11) is 1.56. The Bertz CT molecular complexity index is 1150. The smallest absolute Gasteiger partial charge is 0.331 e. The third-order valence-electron chi connectivity index (χ3n) is 4.68. The number of alkyl halides is 1. The van der Waals surface area contributed by atoms with Gasteiger partial charge in [0.25, 0.3) is 11.2 Å². The first kappa shape index (κ1) is 20.8. The third-order valence-corrected chi connectivity index (χ3v) is 5.24. The van der Waals surface area contributed by atoms with E-state index in [4.69, 9.17) is 4.74 Å². The number of ether oxygens (including phenoxy) is 1. The average Bonchev–Trinajstić information content (AvgIpc) is 2.73. The van der Waals surface area contributed by atoms with E-state index >= 15 is 0 Å². The van der Waals surface area contributed by atoms with Gasteiger partial charge in [0.2, 0.25) is 0 Å². The van der Waals surface area contributed by atoms with E-state index in [1.165, 1.54) is 22.8 Å². The summed E-state index contributed by atoms with van der Waals surface area (Å²) in [6, 6.07) is 11.1. The molecule has 0 aliphatic heterocycles. The Labute approximate surface area is 174 Å². The van der Waals surface area contributed by atoms with Gasteiger partial charge in [-0.15, -0.1) is 0 Å². The third kappa shape index (κ3) is 4.40. The molecule has 1 aromatic heterocycles. The Morgan fingerprint density at radius 2 is 1.79 bits per heavy atom. The Morgan fingerprint density at radius 1 is 1.07 bits per heavy atom. The van der Waals surface area contributed by atoms with Crippen LogP contribution in [0.25, 0.3) is 10.9 Å². The van der Waals surface area contributed by atoms with Gasteiger partial charge in [-0.2, -0.15) is 0 Å². The second-order valence-electron chi connectivity index (χ2n) is 6.53. The van der Waals surface area contributed by atoms with Gasteiger partial charge in [0, 0.05) is 24.0 Å². The Hall–Kier alpha value is -2.94. The molecule has 0 fully saturated rings. The van der Waals surface area contributed by atoms with E-state index < -0.39 is 16.2 Å². The molecule has 0 atom stereocenters. The van der Waals surface area contributed by atoms with Crippen LogP contribution in [0.2, 0.25) is 0 Å². The molecule has 0 amide bonds. The number of halogens is 1. The molecule has 0 saturated carbocycles. The normalized spacial score (nSPS) is 11.0. The Morgan fingerprint density at radius 3 is 2.41 bits per heavy atom. The number of methoxy groups -OCH3 is 1. The lowest BCUT2D eigenvalue weighted by Gasteiger charge is -2.14. The quantitative estimate of drug-likeness (QED) is 0.222. The number of rotatable bonds is 8. The first-order valence-corrected chi connectivity index (χ1v) is 10.2. The molecule has 152 valence electrons. The van der Waals surface area contributed by atoms with Crippen molar-refractivity contribution in [1.29, 1.82) is 0 Å². The van der Waals surface area contributed by atoms with Crippen molar-refractivity contribution < 1.29 is 9.66 Å². The molecule has 0 saturated heterocycles. The summed E-state index contributed by atoms with van der Waals surface area (Å²) in [5.41, 5.74) is 0.00667. The van der Waals surface area contributed by atoms with Crippen LogP contribution in [0.15, 0.2) is 52.1 Å². The van der Waals surface area contributed by atoms with Gasteiger partial charge in [-0.3, -0.25) is 24.0 Å². The summed E-state index contributed by atoms with van der Waals surface area (Å²) in [6.07, 6.45) is 1.59. The van der Waals surface area contributed by atoms with Gasteiger partial charge in [-0.25, -0.2) is 4.79 Å². The standard InChI is InChI=1S/C20H20BrN3O5/c1-29-16-7-4-14(5-8-16)13-23-19(25)17-12-15(24(27)28)6-9-18(17)22(20(23)26)11-3-2-10-21/h4-9,12H,2-3,10-11,13H2,1H3. The summed E-state index contributed by atoms with van der Waals surface area (Å²) in [5.74, 6) is 0.669. The second-order valence-corrected chi connectivity index (χ2v) is 7.32. The number of nitro benzene ring substituents is 1.